The second-order valence-electron chi connectivity index (χ2n) is 11.1. The maximum Gasteiger partial charge on any atom is 0.227 e. The van der Waals surface area contributed by atoms with E-state index in [0.29, 0.717) is 26.2 Å². The lowest BCUT2D eigenvalue weighted by atomic mass is 9.76. The number of benzene rings is 1. The minimum atomic E-state index is -0.236. The number of nitrogens with zero attached hydrogens (tertiary/aromatic N) is 4. The molecule has 0 spiro atoms. The minimum absolute atomic E-state index is 0.0183. The molecule has 3 aliphatic rings. The highest BCUT2D eigenvalue weighted by Crippen LogP contribution is 2.39. The van der Waals surface area contributed by atoms with Crippen molar-refractivity contribution in [3.05, 3.63) is 46.9 Å². The lowest BCUT2D eigenvalue weighted by molar-refractivity contribution is -0.125. The third-order valence-corrected chi connectivity index (χ3v) is 7.84. The lowest BCUT2D eigenvalue weighted by Gasteiger charge is -2.38. The maximum atomic E-state index is 13.1. The Labute approximate surface area is 213 Å². The molecule has 3 heterocycles. The smallest absolute Gasteiger partial charge is 0.227 e. The summed E-state index contributed by atoms with van der Waals surface area (Å²) in [6.07, 6.45) is 5.46. The van der Waals surface area contributed by atoms with Gasteiger partial charge in [-0.2, -0.15) is 4.98 Å². The van der Waals surface area contributed by atoms with Crippen LogP contribution in [0.15, 0.2) is 24.3 Å². The molecule has 2 aromatic rings. The van der Waals surface area contributed by atoms with E-state index in [1.807, 2.05) is 0 Å². The van der Waals surface area contributed by atoms with Gasteiger partial charge in [0.25, 0.3) is 0 Å². The molecule has 1 amide bonds. The van der Waals surface area contributed by atoms with E-state index in [2.05, 4.69) is 29.0 Å². The number of piperidine rings is 1. The average molecular weight is 496 g/mol. The number of aromatic nitrogens is 2. The second-order valence-corrected chi connectivity index (χ2v) is 11.1. The van der Waals surface area contributed by atoms with Crippen LogP contribution in [0.25, 0.3) is 0 Å². The van der Waals surface area contributed by atoms with E-state index in [4.69, 9.17) is 14.7 Å². The molecular weight excluding hydrogens is 457 g/mol. The monoisotopic (exact) mass is 495 g/mol. The highest BCUT2D eigenvalue weighted by molar-refractivity contribution is 5.79. The second kappa shape index (κ2) is 10.7. The predicted molar refractivity (Wildman–Crippen MR) is 139 cm³/mol. The number of rotatable bonds is 6. The van der Waals surface area contributed by atoms with Gasteiger partial charge in [0, 0.05) is 44.2 Å². The van der Waals surface area contributed by atoms with Crippen molar-refractivity contribution in [2.24, 2.45) is 11.3 Å². The summed E-state index contributed by atoms with van der Waals surface area (Å²) >= 11 is 0. The van der Waals surface area contributed by atoms with Crippen LogP contribution in [0.4, 0.5) is 16.2 Å². The molecule has 8 heteroatoms. The van der Waals surface area contributed by atoms with Gasteiger partial charge in [0.1, 0.15) is 11.6 Å². The zero-order chi connectivity index (χ0) is 25.1. The number of anilines is 2. The average Bonchev–Trinajstić information content (AvgIpc) is 2.89. The van der Waals surface area contributed by atoms with E-state index < -0.39 is 0 Å². The number of fused-ring (bicyclic) bond motifs is 1. The van der Waals surface area contributed by atoms with Crippen molar-refractivity contribution in [3.8, 4) is 0 Å². The number of ether oxygens (including phenoxy) is 1. The first-order valence-corrected chi connectivity index (χ1v) is 13.4. The molecule has 36 heavy (non-hydrogen) atoms. The van der Waals surface area contributed by atoms with E-state index in [1.54, 1.807) is 12.1 Å². The van der Waals surface area contributed by atoms with Crippen molar-refractivity contribution in [1.82, 2.24) is 15.3 Å². The summed E-state index contributed by atoms with van der Waals surface area (Å²) in [5.74, 6) is 1.81. The Morgan fingerprint density at radius 1 is 1.08 bits per heavy atom. The molecule has 1 aromatic carbocycles. The number of carbonyl (C=O) groups excluding carboxylic acids is 1. The molecule has 2 fully saturated rings. The van der Waals surface area contributed by atoms with Gasteiger partial charge < -0.3 is 19.9 Å². The standard InChI is InChI=1S/C28H38FN5O2/c1-28(2)11-7-23-24(19-28)31-27(34-15-17-36-18-16-34)32-25(23)33-13-9-21(10-14-33)26(35)30-12-8-20-3-5-22(29)6-4-20/h3-6,21H,7-19H2,1-2H3,(H,30,35). The molecule has 0 unspecified atom stereocenters. The molecule has 2 aliphatic heterocycles. The van der Waals surface area contributed by atoms with Crippen LogP contribution in [-0.2, 0) is 28.8 Å². The Balaban J connectivity index is 1.23. The fourth-order valence-electron chi connectivity index (χ4n) is 5.56. The number of amides is 1. The quantitative estimate of drug-likeness (QED) is 0.661. The summed E-state index contributed by atoms with van der Waals surface area (Å²) in [6.45, 7) is 9.94. The fourth-order valence-corrected chi connectivity index (χ4v) is 5.56. The van der Waals surface area contributed by atoms with E-state index >= 15 is 0 Å². The molecule has 2 saturated heterocycles. The minimum Gasteiger partial charge on any atom is -0.378 e. The third kappa shape index (κ3) is 5.80. The lowest BCUT2D eigenvalue weighted by Crippen LogP contribution is -2.43. The molecule has 0 radical (unpaired) electrons. The van der Waals surface area contributed by atoms with Crippen LogP contribution in [0, 0.1) is 17.2 Å². The van der Waals surface area contributed by atoms with Gasteiger partial charge in [-0.3, -0.25) is 4.79 Å². The summed E-state index contributed by atoms with van der Waals surface area (Å²) in [7, 11) is 0. The number of nitrogens with one attached hydrogen (secondary N) is 1. The highest BCUT2D eigenvalue weighted by Gasteiger charge is 2.33. The van der Waals surface area contributed by atoms with E-state index in [9.17, 15) is 9.18 Å². The summed E-state index contributed by atoms with van der Waals surface area (Å²) in [5.41, 5.74) is 3.77. The topological polar surface area (TPSA) is 70.6 Å². The highest BCUT2D eigenvalue weighted by atomic mass is 19.1. The SMILES string of the molecule is CC1(C)CCc2c(nc(N3CCOCC3)nc2N2CCC(C(=O)NCCc3ccc(F)cc3)CC2)C1. The molecule has 0 atom stereocenters. The summed E-state index contributed by atoms with van der Waals surface area (Å²) < 4.78 is 18.6. The van der Waals surface area contributed by atoms with Crippen LogP contribution in [0.1, 0.15) is 49.9 Å². The van der Waals surface area contributed by atoms with Crippen molar-refractivity contribution < 1.29 is 13.9 Å². The number of hydrogen-bond donors (Lipinski definition) is 1. The number of halogens is 1. The Kier molecular flexibility index (Phi) is 7.42. The largest absolute Gasteiger partial charge is 0.378 e. The van der Waals surface area contributed by atoms with Crippen LogP contribution in [0.5, 0.6) is 0 Å². The number of hydrogen-bond acceptors (Lipinski definition) is 6. The Morgan fingerprint density at radius 3 is 2.53 bits per heavy atom. The first-order valence-electron chi connectivity index (χ1n) is 13.4. The number of carbonyl (C=O) groups is 1. The van der Waals surface area contributed by atoms with Gasteiger partial charge in [-0.05, 0) is 61.6 Å². The van der Waals surface area contributed by atoms with Crippen LogP contribution in [-0.4, -0.2) is 61.8 Å². The number of morpholine rings is 1. The molecule has 0 bridgehead atoms. The normalized spacial score (nSPS) is 20.2. The van der Waals surface area contributed by atoms with Gasteiger partial charge >= 0.3 is 0 Å². The zero-order valence-corrected chi connectivity index (χ0v) is 21.6. The van der Waals surface area contributed by atoms with Crippen molar-refractivity contribution in [3.63, 3.8) is 0 Å². The molecule has 1 aliphatic carbocycles. The van der Waals surface area contributed by atoms with Gasteiger partial charge in [0.05, 0.1) is 18.9 Å². The Hall–Kier alpha value is -2.74. The van der Waals surface area contributed by atoms with E-state index in [1.165, 1.54) is 23.4 Å². The van der Waals surface area contributed by atoms with E-state index in [-0.39, 0.29) is 23.1 Å². The molecule has 1 N–H and O–H groups in total. The molecular formula is C28H38FN5O2. The molecule has 5 rings (SSSR count). The van der Waals surface area contributed by atoms with Gasteiger partial charge in [-0.25, -0.2) is 9.37 Å². The van der Waals surface area contributed by atoms with Gasteiger partial charge in [0.15, 0.2) is 0 Å². The van der Waals surface area contributed by atoms with Crippen LogP contribution in [0.3, 0.4) is 0 Å². The molecule has 7 nitrogen and oxygen atoms in total. The maximum absolute atomic E-state index is 13.1. The molecule has 0 saturated carbocycles. The third-order valence-electron chi connectivity index (χ3n) is 7.84. The summed E-state index contributed by atoms with van der Waals surface area (Å²) in [6, 6.07) is 6.47. The Morgan fingerprint density at radius 2 is 1.81 bits per heavy atom. The van der Waals surface area contributed by atoms with Gasteiger partial charge in [-0.1, -0.05) is 26.0 Å². The first-order chi connectivity index (χ1) is 17.4. The predicted octanol–water partition coefficient (Wildman–Crippen LogP) is 3.54. The molecule has 1 aromatic heterocycles. The van der Waals surface area contributed by atoms with Crippen molar-refractivity contribution >= 4 is 17.7 Å². The van der Waals surface area contributed by atoms with Crippen LogP contribution in [0.2, 0.25) is 0 Å². The van der Waals surface area contributed by atoms with Crippen LogP contribution >= 0.6 is 0 Å². The van der Waals surface area contributed by atoms with E-state index in [0.717, 1.165) is 75.6 Å². The zero-order valence-electron chi connectivity index (χ0n) is 21.6. The summed E-state index contributed by atoms with van der Waals surface area (Å²) in [5, 5.41) is 3.09. The van der Waals surface area contributed by atoms with Crippen LogP contribution < -0.4 is 15.1 Å². The van der Waals surface area contributed by atoms with Gasteiger partial charge in [-0.15, -0.1) is 0 Å². The fraction of sp³-hybridized carbons (Fsp3) is 0.607. The summed E-state index contributed by atoms with van der Waals surface area (Å²) in [4.78, 5) is 27.6. The molecule has 194 valence electrons. The van der Waals surface area contributed by atoms with Crippen molar-refractivity contribution in [2.75, 3.05) is 55.7 Å². The van der Waals surface area contributed by atoms with Crippen molar-refractivity contribution in [1.29, 1.82) is 0 Å². The van der Waals surface area contributed by atoms with Gasteiger partial charge in [0.2, 0.25) is 11.9 Å². The Bertz CT molecular complexity index is 1060. The first kappa shape index (κ1) is 24.9. The van der Waals surface area contributed by atoms with Crippen molar-refractivity contribution in [2.45, 2.75) is 52.4 Å².